The third-order valence-corrected chi connectivity index (χ3v) is 4.39. The highest BCUT2D eigenvalue weighted by molar-refractivity contribution is 5.90. The van der Waals surface area contributed by atoms with Gasteiger partial charge in [0.05, 0.1) is 5.69 Å². The fourth-order valence-corrected chi connectivity index (χ4v) is 2.87. The number of rotatable bonds is 8. The van der Waals surface area contributed by atoms with Gasteiger partial charge in [0.1, 0.15) is 0 Å². The lowest BCUT2D eigenvalue weighted by Gasteiger charge is -2.17. The average Bonchev–Trinajstić information content (AvgIpc) is 2.95. The number of aryl methyl sites for hydroxylation is 2. The Kier molecular flexibility index (Phi) is 6.86. The molecule has 26 heavy (non-hydrogen) atoms. The third-order valence-electron chi connectivity index (χ3n) is 4.39. The summed E-state index contributed by atoms with van der Waals surface area (Å²) in [6.07, 6.45) is 4.38. The third kappa shape index (κ3) is 5.39. The highest BCUT2D eigenvalue weighted by Crippen LogP contribution is 2.15. The molecule has 138 valence electrons. The molecule has 0 aliphatic rings. The smallest absolute Gasteiger partial charge is 0.267 e. The van der Waals surface area contributed by atoms with Crippen LogP contribution in [0.1, 0.15) is 35.9 Å². The molecule has 6 heteroatoms. The molecule has 0 bridgehead atoms. The van der Waals surface area contributed by atoms with Crippen LogP contribution in [-0.4, -0.2) is 26.6 Å². The molecule has 0 unspecified atom stereocenters. The summed E-state index contributed by atoms with van der Waals surface area (Å²) in [5.41, 5.74) is 6.30. The molecule has 0 fully saturated rings. The summed E-state index contributed by atoms with van der Waals surface area (Å²) in [7, 11) is 0. The van der Waals surface area contributed by atoms with Gasteiger partial charge in [0.2, 0.25) is 0 Å². The summed E-state index contributed by atoms with van der Waals surface area (Å²) >= 11 is 0. The van der Waals surface area contributed by atoms with Crippen molar-refractivity contribution in [3.63, 3.8) is 0 Å². The van der Waals surface area contributed by atoms with Crippen molar-refractivity contribution >= 4 is 17.7 Å². The van der Waals surface area contributed by atoms with E-state index < -0.39 is 5.91 Å². The van der Waals surface area contributed by atoms with Gasteiger partial charge in [-0.3, -0.25) is 14.7 Å². The molecule has 2 rings (SSSR count). The lowest BCUT2D eigenvalue weighted by molar-refractivity contribution is -0.124. The Morgan fingerprint density at radius 1 is 1.35 bits per heavy atom. The predicted octanol–water partition coefficient (Wildman–Crippen LogP) is 3.31. The van der Waals surface area contributed by atoms with Crippen molar-refractivity contribution in [2.24, 2.45) is 5.92 Å². The van der Waals surface area contributed by atoms with E-state index in [-0.39, 0.29) is 5.92 Å². The number of hydrogen-bond donors (Lipinski definition) is 3. The monoisotopic (exact) mass is 354 g/mol. The van der Waals surface area contributed by atoms with E-state index in [2.05, 4.69) is 18.1 Å². The largest absolute Gasteiger partial charge is 0.309 e. The van der Waals surface area contributed by atoms with E-state index in [0.717, 1.165) is 35.5 Å². The molecule has 1 aromatic heterocycles. The maximum atomic E-state index is 11.0. The highest BCUT2D eigenvalue weighted by atomic mass is 16.5. The maximum absolute atomic E-state index is 11.0. The van der Waals surface area contributed by atoms with Crippen LogP contribution >= 0.6 is 0 Å². The van der Waals surface area contributed by atoms with Crippen molar-refractivity contribution in [2.75, 3.05) is 0 Å². The summed E-state index contributed by atoms with van der Waals surface area (Å²) in [6.45, 7) is 6.85. The summed E-state index contributed by atoms with van der Waals surface area (Å²) in [6, 6.07) is 9.76. The van der Waals surface area contributed by atoms with E-state index in [1.807, 2.05) is 42.8 Å². The van der Waals surface area contributed by atoms with Gasteiger partial charge in [0.15, 0.2) is 0 Å². The molecule has 0 spiro atoms. The molecule has 3 N–H and O–H groups in total. The van der Waals surface area contributed by atoms with Crippen molar-refractivity contribution in [1.82, 2.24) is 15.3 Å². The van der Waals surface area contributed by atoms with Gasteiger partial charge in [-0.25, -0.2) is 5.48 Å². The van der Waals surface area contributed by atoms with E-state index >= 15 is 0 Å². The standard InChI is InChI=1S/C20H26N4O2/c1-4-18(13-24-15(3)11-14(2)22-24)19(21)12-17-7-5-16(6-8-17)9-10-20(25)23-26/h5-11,18,21,26H,4,12-13H2,1-3H3,(H,23,25)/b10-9+,21-19?/t18-/m1/s1. The van der Waals surface area contributed by atoms with Crippen LogP contribution in [-0.2, 0) is 17.8 Å². The minimum absolute atomic E-state index is 0.154. The molecule has 1 atom stereocenters. The van der Waals surface area contributed by atoms with E-state index in [1.165, 1.54) is 6.08 Å². The fraction of sp³-hybridized carbons (Fsp3) is 0.350. The topological polar surface area (TPSA) is 91.0 Å². The van der Waals surface area contributed by atoms with Gasteiger partial charge in [0.25, 0.3) is 5.91 Å². The van der Waals surface area contributed by atoms with Gasteiger partial charge < -0.3 is 5.41 Å². The Balaban J connectivity index is 1.99. The van der Waals surface area contributed by atoms with Gasteiger partial charge in [-0.2, -0.15) is 5.10 Å². The van der Waals surface area contributed by atoms with Gasteiger partial charge in [-0.05, 0) is 43.5 Å². The lowest BCUT2D eigenvalue weighted by atomic mass is 9.94. The zero-order valence-corrected chi connectivity index (χ0v) is 15.5. The minimum atomic E-state index is -0.564. The van der Waals surface area contributed by atoms with Crippen LogP contribution in [0.5, 0.6) is 0 Å². The molecule has 1 amide bonds. The number of aromatic nitrogens is 2. The van der Waals surface area contributed by atoms with Crippen molar-refractivity contribution in [2.45, 2.75) is 40.2 Å². The molecule has 1 heterocycles. The van der Waals surface area contributed by atoms with Crippen molar-refractivity contribution in [3.05, 3.63) is 58.9 Å². The van der Waals surface area contributed by atoms with E-state index in [9.17, 15) is 4.79 Å². The molecule has 0 saturated heterocycles. The summed E-state index contributed by atoms with van der Waals surface area (Å²) in [4.78, 5) is 11.0. The molecule has 0 radical (unpaired) electrons. The molecule has 6 nitrogen and oxygen atoms in total. The molecular formula is C20H26N4O2. The number of nitrogens with zero attached hydrogens (tertiary/aromatic N) is 2. The van der Waals surface area contributed by atoms with Gasteiger partial charge in [-0.1, -0.05) is 31.2 Å². The first kappa shape index (κ1) is 19.6. The summed E-state index contributed by atoms with van der Waals surface area (Å²) in [5, 5.41) is 21.5. The van der Waals surface area contributed by atoms with Crippen LogP contribution in [0, 0.1) is 25.2 Å². The molecule has 0 aliphatic heterocycles. The second kappa shape index (κ2) is 9.10. The Morgan fingerprint density at radius 2 is 2.04 bits per heavy atom. The second-order valence-electron chi connectivity index (χ2n) is 6.47. The number of amides is 1. The predicted molar refractivity (Wildman–Crippen MR) is 102 cm³/mol. The summed E-state index contributed by atoms with van der Waals surface area (Å²) < 4.78 is 1.98. The van der Waals surface area contributed by atoms with E-state index in [0.29, 0.717) is 12.1 Å². The molecule has 1 aromatic carbocycles. The molecule has 0 aliphatic carbocycles. The molecule has 2 aromatic rings. The van der Waals surface area contributed by atoms with Crippen LogP contribution in [0.3, 0.4) is 0 Å². The lowest BCUT2D eigenvalue weighted by Crippen LogP contribution is -2.22. The number of hydroxylamine groups is 1. The summed E-state index contributed by atoms with van der Waals surface area (Å²) in [5.74, 6) is -0.411. The Morgan fingerprint density at radius 3 is 2.58 bits per heavy atom. The number of benzene rings is 1. The normalized spacial score (nSPS) is 12.3. The number of carbonyl (C=O) groups is 1. The van der Waals surface area contributed by atoms with Crippen LogP contribution in [0.2, 0.25) is 0 Å². The number of carbonyl (C=O) groups excluding carboxylic acids is 1. The molecular weight excluding hydrogens is 328 g/mol. The van der Waals surface area contributed by atoms with Gasteiger partial charge >= 0.3 is 0 Å². The maximum Gasteiger partial charge on any atom is 0.267 e. The van der Waals surface area contributed by atoms with Gasteiger partial charge in [-0.15, -0.1) is 0 Å². The van der Waals surface area contributed by atoms with E-state index in [4.69, 9.17) is 10.6 Å². The second-order valence-corrected chi connectivity index (χ2v) is 6.47. The first-order valence-corrected chi connectivity index (χ1v) is 8.72. The number of hydrogen-bond acceptors (Lipinski definition) is 4. The average molecular weight is 354 g/mol. The first-order chi connectivity index (χ1) is 12.4. The number of nitrogens with one attached hydrogen (secondary N) is 2. The molecule has 0 saturated carbocycles. The SMILES string of the molecule is CC[C@H](Cn1nc(C)cc1C)C(=N)Cc1ccc(/C=C/C(=O)NO)cc1. The zero-order valence-electron chi connectivity index (χ0n) is 15.5. The van der Waals surface area contributed by atoms with Crippen LogP contribution in [0.15, 0.2) is 36.4 Å². The van der Waals surface area contributed by atoms with Crippen molar-refractivity contribution in [3.8, 4) is 0 Å². The van der Waals surface area contributed by atoms with Crippen LogP contribution < -0.4 is 5.48 Å². The van der Waals surface area contributed by atoms with Gasteiger partial charge in [0, 0.05) is 36.4 Å². The van der Waals surface area contributed by atoms with Crippen LogP contribution in [0.25, 0.3) is 6.08 Å². The minimum Gasteiger partial charge on any atom is -0.309 e. The van der Waals surface area contributed by atoms with Crippen molar-refractivity contribution in [1.29, 1.82) is 5.41 Å². The van der Waals surface area contributed by atoms with Crippen LogP contribution in [0.4, 0.5) is 0 Å². The Labute approximate surface area is 154 Å². The quantitative estimate of drug-likeness (QED) is 0.294. The van der Waals surface area contributed by atoms with Crippen molar-refractivity contribution < 1.29 is 10.0 Å². The Bertz CT molecular complexity index is 791. The Hall–Kier alpha value is -2.73. The fourth-order valence-electron chi connectivity index (χ4n) is 2.87. The zero-order chi connectivity index (χ0) is 19.1. The first-order valence-electron chi connectivity index (χ1n) is 8.72. The van der Waals surface area contributed by atoms with E-state index in [1.54, 1.807) is 11.6 Å². The highest BCUT2D eigenvalue weighted by Gasteiger charge is 2.15.